The summed E-state index contributed by atoms with van der Waals surface area (Å²) in [5, 5.41) is 3.65. The van der Waals surface area contributed by atoms with Crippen LogP contribution < -0.4 is 5.32 Å². The van der Waals surface area contributed by atoms with Crippen molar-refractivity contribution in [1.82, 2.24) is 5.32 Å². The van der Waals surface area contributed by atoms with Gasteiger partial charge in [0.05, 0.1) is 0 Å². The fourth-order valence-electron chi connectivity index (χ4n) is 1.75. The summed E-state index contributed by atoms with van der Waals surface area (Å²) in [4.78, 5) is 0. The molecule has 0 unspecified atom stereocenters. The van der Waals surface area contributed by atoms with E-state index in [0.29, 0.717) is 12.1 Å². The summed E-state index contributed by atoms with van der Waals surface area (Å²) in [5.41, 5.74) is 1.37. The molecule has 0 bridgehead atoms. The predicted molar refractivity (Wildman–Crippen MR) is 66.9 cm³/mol. The molecule has 0 aromatic heterocycles. The molecule has 0 aliphatic heterocycles. The molecule has 0 saturated heterocycles. The first-order valence-electron chi connectivity index (χ1n) is 5.96. The first-order valence-corrected chi connectivity index (χ1v) is 5.96. The highest BCUT2D eigenvalue weighted by atomic mass is 14.9. The van der Waals surface area contributed by atoms with Gasteiger partial charge in [-0.05, 0) is 25.3 Å². The van der Waals surface area contributed by atoms with E-state index in [0.717, 1.165) is 5.92 Å². The molecule has 84 valence electrons. The van der Waals surface area contributed by atoms with Gasteiger partial charge in [0.2, 0.25) is 0 Å². The fourth-order valence-corrected chi connectivity index (χ4v) is 1.75. The van der Waals surface area contributed by atoms with Gasteiger partial charge in [0, 0.05) is 12.1 Å². The molecule has 1 heteroatoms. The lowest BCUT2D eigenvalue weighted by Crippen LogP contribution is -2.33. The minimum atomic E-state index is 0.440. The minimum absolute atomic E-state index is 0.440. The van der Waals surface area contributed by atoms with Crippen molar-refractivity contribution < 1.29 is 0 Å². The minimum Gasteiger partial charge on any atom is -0.307 e. The molecule has 0 spiro atoms. The summed E-state index contributed by atoms with van der Waals surface area (Å²) < 4.78 is 0. The maximum absolute atomic E-state index is 3.65. The second-order valence-corrected chi connectivity index (χ2v) is 4.47. The van der Waals surface area contributed by atoms with Gasteiger partial charge in [-0.15, -0.1) is 0 Å². The van der Waals surface area contributed by atoms with Gasteiger partial charge in [-0.1, -0.05) is 50.6 Å². The Bertz CT molecular complexity index is 268. The highest BCUT2D eigenvalue weighted by molar-refractivity contribution is 5.18. The van der Waals surface area contributed by atoms with Crippen LogP contribution in [0.5, 0.6) is 0 Å². The van der Waals surface area contributed by atoms with Crippen molar-refractivity contribution in [3.8, 4) is 0 Å². The van der Waals surface area contributed by atoms with Crippen LogP contribution in [0.4, 0.5) is 0 Å². The average molecular weight is 205 g/mol. The molecule has 0 aliphatic carbocycles. The van der Waals surface area contributed by atoms with Gasteiger partial charge >= 0.3 is 0 Å². The topological polar surface area (TPSA) is 12.0 Å². The molecule has 1 aromatic carbocycles. The van der Waals surface area contributed by atoms with E-state index in [2.05, 4.69) is 63.3 Å². The van der Waals surface area contributed by atoms with Crippen molar-refractivity contribution in [2.24, 2.45) is 5.92 Å². The summed E-state index contributed by atoms with van der Waals surface area (Å²) >= 11 is 0. The van der Waals surface area contributed by atoms with Crippen LogP contribution in [-0.2, 0) is 0 Å². The Labute approximate surface area is 93.9 Å². The maximum Gasteiger partial charge on any atom is 0.0294 e. The zero-order chi connectivity index (χ0) is 11.3. The van der Waals surface area contributed by atoms with E-state index >= 15 is 0 Å². The molecule has 1 N–H and O–H groups in total. The molecule has 1 rings (SSSR count). The van der Waals surface area contributed by atoms with Gasteiger partial charge in [0.25, 0.3) is 0 Å². The summed E-state index contributed by atoms with van der Waals surface area (Å²) in [5.74, 6) is 0.733. The first kappa shape index (κ1) is 12.3. The summed E-state index contributed by atoms with van der Waals surface area (Å²) in [6.45, 7) is 9.05. The summed E-state index contributed by atoms with van der Waals surface area (Å²) in [6, 6.07) is 11.6. The van der Waals surface area contributed by atoms with Crippen LogP contribution in [0, 0.1) is 5.92 Å². The van der Waals surface area contributed by atoms with E-state index in [1.54, 1.807) is 0 Å². The molecular weight excluding hydrogens is 182 g/mol. The highest BCUT2D eigenvalue weighted by Gasteiger charge is 2.13. The quantitative estimate of drug-likeness (QED) is 0.771. The van der Waals surface area contributed by atoms with Crippen molar-refractivity contribution in [1.29, 1.82) is 0 Å². The Morgan fingerprint density at radius 2 is 1.67 bits per heavy atom. The molecule has 0 heterocycles. The largest absolute Gasteiger partial charge is 0.307 e. The lowest BCUT2D eigenvalue weighted by molar-refractivity contribution is 0.360. The van der Waals surface area contributed by atoms with Gasteiger partial charge in [-0.25, -0.2) is 0 Å². The standard InChI is InChI=1S/C14H23N/c1-5-11(2)12(3)15-13(4)14-9-7-6-8-10-14/h6-13,15H,5H2,1-4H3/t11-,12-,13+/m0/s1. The molecular formula is C14H23N. The van der Waals surface area contributed by atoms with E-state index in [1.165, 1.54) is 12.0 Å². The summed E-state index contributed by atoms with van der Waals surface area (Å²) in [6.07, 6.45) is 1.23. The van der Waals surface area contributed by atoms with Crippen molar-refractivity contribution >= 4 is 0 Å². The normalized spacial score (nSPS) is 17.1. The fraction of sp³-hybridized carbons (Fsp3) is 0.571. The molecule has 15 heavy (non-hydrogen) atoms. The van der Waals surface area contributed by atoms with Gasteiger partial charge in [-0.3, -0.25) is 0 Å². The average Bonchev–Trinajstić information content (AvgIpc) is 2.29. The lowest BCUT2D eigenvalue weighted by Gasteiger charge is -2.24. The zero-order valence-electron chi connectivity index (χ0n) is 10.3. The van der Waals surface area contributed by atoms with E-state index in [9.17, 15) is 0 Å². The number of hydrogen-bond donors (Lipinski definition) is 1. The molecule has 0 radical (unpaired) electrons. The second kappa shape index (κ2) is 5.92. The molecule has 0 fully saturated rings. The Balaban J connectivity index is 2.52. The van der Waals surface area contributed by atoms with E-state index in [-0.39, 0.29) is 0 Å². The third kappa shape index (κ3) is 3.67. The van der Waals surface area contributed by atoms with Crippen LogP contribution in [0.3, 0.4) is 0 Å². The van der Waals surface area contributed by atoms with Gasteiger partial charge in [0.1, 0.15) is 0 Å². The van der Waals surface area contributed by atoms with Crippen LogP contribution in [0.1, 0.15) is 45.7 Å². The van der Waals surface area contributed by atoms with Crippen LogP contribution in [-0.4, -0.2) is 6.04 Å². The number of nitrogens with one attached hydrogen (secondary N) is 1. The molecule has 3 atom stereocenters. The first-order chi connectivity index (χ1) is 7.15. The van der Waals surface area contributed by atoms with Gasteiger partial charge in [0.15, 0.2) is 0 Å². The van der Waals surface area contributed by atoms with Crippen molar-refractivity contribution in [2.45, 2.75) is 46.2 Å². The van der Waals surface area contributed by atoms with Crippen LogP contribution in [0.25, 0.3) is 0 Å². The van der Waals surface area contributed by atoms with Crippen molar-refractivity contribution in [3.05, 3.63) is 35.9 Å². The van der Waals surface area contributed by atoms with E-state index in [4.69, 9.17) is 0 Å². The Morgan fingerprint density at radius 3 is 2.20 bits per heavy atom. The van der Waals surface area contributed by atoms with Crippen molar-refractivity contribution in [3.63, 3.8) is 0 Å². The predicted octanol–water partition coefficient (Wildman–Crippen LogP) is 3.77. The second-order valence-electron chi connectivity index (χ2n) is 4.47. The van der Waals surface area contributed by atoms with Gasteiger partial charge in [-0.2, -0.15) is 0 Å². The molecule has 0 saturated carbocycles. The number of rotatable bonds is 5. The number of hydrogen-bond acceptors (Lipinski definition) is 1. The van der Waals surface area contributed by atoms with Crippen LogP contribution >= 0.6 is 0 Å². The SMILES string of the molecule is CC[C@H](C)[C@H](C)N[C@H](C)c1ccccc1. The monoisotopic (exact) mass is 205 g/mol. The smallest absolute Gasteiger partial charge is 0.0294 e. The van der Waals surface area contributed by atoms with Crippen LogP contribution in [0.2, 0.25) is 0 Å². The maximum atomic E-state index is 3.65. The molecule has 1 aromatic rings. The Kier molecular flexibility index (Phi) is 4.83. The van der Waals surface area contributed by atoms with E-state index in [1.807, 2.05) is 0 Å². The third-order valence-electron chi connectivity index (χ3n) is 3.31. The molecule has 1 nitrogen and oxygen atoms in total. The third-order valence-corrected chi connectivity index (χ3v) is 3.31. The van der Waals surface area contributed by atoms with Crippen molar-refractivity contribution in [2.75, 3.05) is 0 Å². The van der Waals surface area contributed by atoms with Crippen LogP contribution in [0.15, 0.2) is 30.3 Å². The Hall–Kier alpha value is -0.820. The highest BCUT2D eigenvalue weighted by Crippen LogP contribution is 2.15. The zero-order valence-corrected chi connectivity index (χ0v) is 10.3. The Morgan fingerprint density at radius 1 is 1.07 bits per heavy atom. The van der Waals surface area contributed by atoms with E-state index < -0.39 is 0 Å². The number of benzene rings is 1. The molecule has 0 amide bonds. The summed E-state index contributed by atoms with van der Waals surface area (Å²) in [7, 11) is 0. The van der Waals surface area contributed by atoms with Gasteiger partial charge < -0.3 is 5.32 Å². The lowest BCUT2D eigenvalue weighted by atomic mass is 9.99. The molecule has 0 aliphatic rings.